The molecule has 1 aliphatic rings. The number of nitrogens with zero attached hydrogens (tertiary/aromatic N) is 4. The smallest absolute Gasteiger partial charge is 0.138 e. The van der Waals surface area contributed by atoms with Gasteiger partial charge in [0.15, 0.2) is 0 Å². The first-order valence-electron chi connectivity index (χ1n) is 8.41. The molecule has 3 heterocycles. The molecule has 23 heavy (non-hydrogen) atoms. The molecule has 2 aromatic heterocycles. The molecule has 126 valence electrons. The van der Waals surface area contributed by atoms with Gasteiger partial charge in [0.25, 0.3) is 0 Å². The number of aryl methyl sites for hydroxylation is 3. The highest BCUT2D eigenvalue weighted by Gasteiger charge is 2.29. The van der Waals surface area contributed by atoms with E-state index in [4.69, 9.17) is 4.52 Å². The summed E-state index contributed by atoms with van der Waals surface area (Å²) < 4.78 is 7.23. The summed E-state index contributed by atoms with van der Waals surface area (Å²) in [5.74, 6) is 1.98. The molecule has 0 spiro atoms. The van der Waals surface area contributed by atoms with E-state index in [9.17, 15) is 5.11 Å². The molecule has 0 amide bonds. The van der Waals surface area contributed by atoms with Crippen LogP contribution in [0, 0.1) is 12.8 Å². The SMILES string of the molecule is CCc1noc(C)c1CN1CCC(C(O)c2nccn2C)CC1. The van der Waals surface area contributed by atoms with Gasteiger partial charge in [-0.3, -0.25) is 4.90 Å². The first-order chi connectivity index (χ1) is 11.1. The lowest BCUT2D eigenvalue weighted by Gasteiger charge is -2.34. The van der Waals surface area contributed by atoms with Gasteiger partial charge in [-0.05, 0) is 45.2 Å². The van der Waals surface area contributed by atoms with Crippen LogP contribution < -0.4 is 0 Å². The van der Waals surface area contributed by atoms with Gasteiger partial charge in [0, 0.05) is 31.5 Å². The van der Waals surface area contributed by atoms with Crippen LogP contribution in [0.15, 0.2) is 16.9 Å². The Morgan fingerprint density at radius 1 is 1.39 bits per heavy atom. The minimum atomic E-state index is -0.472. The van der Waals surface area contributed by atoms with Gasteiger partial charge in [-0.15, -0.1) is 0 Å². The van der Waals surface area contributed by atoms with Crippen LogP contribution in [-0.2, 0) is 20.0 Å². The number of imidazole rings is 1. The number of aliphatic hydroxyl groups excluding tert-OH is 1. The largest absolute Gasteiger partial charge is 0.385 e. The molecule has 1 fully saturated rings. The minimum Gasteiger partial charge on any atom is -0.385 e. The van der Waals surface area contributed by atoms with Gasteiger partial charge in [0.2, 0.25) is 0 Å². The fraction of sp³-hybridized carbons (Fsp3) is 0.647. The Bertz CT molecular complexity index is 641. The first-order valence-corrected chi connectivity index (χ1v) is 8.41. The predicted octanol–water partition coefficient (Wildman–Crippen LogP) is 2.22. The van der Waals surface area contributed by atoms with Crippen LogP contribution in [0.4, 0.5) is 0 Å². The summed E-state index contributed by atoms with van der Waals surface area (Å²) in [5.41, 5.74) is 2.30. The van der Waals surface area contributed by atoms with E-state index in [2.05, 4.69) is 22.0 Å². The summed E-state index contributed by atoms with van der Waals surface area (Å²) in [5, 5.41) is 14.7. The Kier molecular flexibility index (Phi) is 4.82. The Balaban J connectivity index is 1.58. The van der Waals surface area contributed by atoms with Crippen molar-refractivity contribution in [3.63, 3.8) is 0 Å². The van der Waals surface area contributed by atoms with Crippen molar-refractivity contribution >= 4 is 0 Å². The van der Waals surface area contributed by atoms with E-state index in [1.165, 1.54) is 5.56 Å². The van der Waals surface area contributed by atoms with Crippen molar-refractivity contribution in [3.8, 4) is 0 Å². The highest BCUT2D eigenvalue weighted by Crippen LogP contribution is 2.30. The molecule has 0 bridgehead atoms. The van der Waals surface area contributed by atoms with Crippen molar-refractivity contribution in [2.75, 3.05) is 13.1 Å². The fourth-order valence-electron chi connectivity index (χ4n) is 3.44. The van der Waals surface area contributed by atoms with E-state index in [0.29, 0.717) is 0 Å². The van der Waals surface area contributed by atoms with E-state index in [-0.39, 0.29) is 5.92 Å². The molecule has 2 aromatic rings. The number of likely N-dealkylation sites (tertiary alicyclic amines) is 1. The van der Waals surface area contributed by atoms with Gasteiger partial charge in [-0.25, -0.2) is 4.98 Å². The monoisotopic (exact) mass is 318 g/mol. The standard InChI is InChI=1S/C17H26N4O2/c1-4-15-14(12(2)23-19-15)11-21-8-5-13(6-9-21)16(22)17-18-7-10-20(17)3/h7,10,13,16,22H,4-6,8-9,11H2,1-3H3. The third-order valence-corrected chi connectivity index (χ3v) is 4.98. The zero-order valence-corrected chi connectivity index (χ0v) is 14.2. The Labute approximate surface area is 137 Å². The van der Waals surface area contributed by atoms with E-state index < -0.39 is 6.10 Å². The Morgan fingerprint density at radius 3 is 2.74 bits per heavy atom. The molecule has 0 saturated carbocycles. The molecule has 6 nitrogen and oxygen atoms in total. The minimum absolute atomic E-state index is 0.279. The molecule has 0 aromatic carbocycles. The summed E-state index contributed by atoms with van der Waals surface area (Å²) in [6, 6.07) is 0. The maximum atomic E-state index is 10.6. The molecule has 3 rings (SSSR count). The van der Waals surface area contributed by atoms with E-state index in [1.807, 2.05) is 24.7 Å². The van der Waals surface area contributed by atoms with Crippen molar-refractivity contribution in [2.24, 2.45) is 13.0 Å². The number of aliphatic hydroxyl groups is 1. The molecule has 1 atom stereocenters. The maximum Gasteiger partial charge on any atom is 0.138 e. The fourth-order valence-corrected chi connectivity index (χ4v) is 3.44. The van der Waals surface area contributed by atoms with Gasteiger partial charge >= 0.3 is 0 Å². The molecule has 0 aliphatic carbocycles. The van der Waals surface area contributed by atoms with Crippen molar-refractivity contribution in [2.45, 2.75) is 45.8 Å². The number of hydrogen-bond donors (Lipinski definition) is 1. The van der Waals surface area contributed by atoms with Gasteiger partial charge in [0.1, 0.15) is 17.7 Å². The molecular formula is C17H26N4O2. The summed E-state index contributed by atoms with van der Waals surface area (Å²) >= 11 is 0. The van der Waals surface area contributed by atoms with E-state index in [1.54, 1.807) is 6.20 Å². The number of rotatable bonds is 5. The second kappa shape index (κ2) is 6.84. The number of piperidine rings is 1. The van der Waals surface area contributed by atoms with Crippen molar-refractivity contribution in [1.82, 2.24) is 19.6 Å². The van der Waals surface area contributed by atoms with Crippen LogP contribution in [0.1, 0.15) is 48.7 Å². The molecule has 0 radical (unpaired) electrons. The van der Waals surface area contributed by atoms with Crippen molar-refractivity contribution in [1.29, 1.82) is 0 Å². The topological polar surface area (TPSA) is 67.3 Å². The first kappa shape index (κ1) is 16.2. The zero-order valence-electron chi connectivity index (χ0n) is 14.2. The lowest BCUT2D eigenvalue weighted by Crippen LogP contribution is -2.36. The predicted molar refractivity (Wildman–Crippen MR) is 86.8 cm³/mol. The second-order valence-electron chi connectivity index (χ2n) is 6.47. The van der Waals surface area contributed by atoms with Crippen molar-refractivity contribution in [3.05, 3.63) is 35.2 Å². The van der Waals surface area contributed by atoms with Gasteiger partial charge in [-0.2, -0.15) is 0 Å². The average molecular weight is 318 g/mol. The summed E-state index contributed by atoms with van der Waals surface area (Å²) in [6.45, 7) is 6.96. The Morgan fingerprint density at radius 2 is 2.13 bits per heavy atom. The highest BCUT2D eigenvalue weighted by atomic mass is 16.5. The van der Waals surface area contributed by atoms with Crippen molar-refractivity contribution < 1.29 is 9.63 Å². The normalized spacial score (nSPS) is 18.4. The summed E-state index contributed by atoms with van der Waals surface area (Å²) in [7, 11) is 1.93. The molecule has 6 heteroatoms. The second-order valence-corrected chi connectivity index (χ2v) is 6.47. The zero-order chi connectivity index (χ0) is 16.4. The van der Waals surface area contributed by atoms with Gasteiger partial charge in [-0.1, -0.05) is 12.1 Å². The molecule has 1 unspecified atom stereocenters. The van der Waals surface area contributed by atoms with E-state index in [0.717, 1.165) is 56.2 Å². The lowest BCUT2D eigenvalue weighted by molar-refractivity contribution is 0.0490. The third-order valence-electron chi connectivity index (χ3n) is 4.98. The van der Waals surface area contributed by atoms with Crippen LogP contribution in [0.5, 0.6) is 0 Å². The maximum absolute atomic E-state index is 10.6. The van der Waals surface area contributed by atoms with Gasteiger partial charge in [0.05, 0.1) is 5.69 Å². The van der Waals surface area contributed by atoms with Crippen LogP contribution in [0.3, 0.4) is 0 Å². The Hall–Kier alpha value is -1.66. The molecular weight excluding hydrogens is 292 g/mol. The lowest BCUT2D eigenvalue weighted by atomic mass is 9.90. The van der Waals surface area contributed by atoms with Crippen LogP contribution in [-0.4, -0.2) is 37.8 Å². The van der Waals surface area contributed by atoms with Crippen LogP contribution in [0.25, 0.3) is 0 Å². The van der Waals surface area contributed by atoms with Gasteiger partial charge < -0.3 is 14.2 Å². The molecule has 1 saturated heterocycles. The molecule has 1 aliphatic heterocycles. The average Bonchev–Trinajstić information content (AvgIpc) is 3.14. The highest BCUT2D eigenvalue weighted by molar-refractivity contribution is 5.22. The number of hydrogen-bond acceptors (Lipinski definition) is 5. The summed E-state index contributed by atoms with van der Waals surface area (Å²) in [4.78, 5) is 6.71. The summed E-state index contributed by atoms with van der Waals surface area (Å²) in [6.07, 6.45) is 6.03. The van der Waals surface area contributed by atoms with Crippen LogP contribution >= 0.6 is 0 Å². The number of aromatic nitrogens is 3. The third kappa shape index (κ3) is 3.33. The van der Waals surface area contributed by atoms with E-state index >= 15 is 0 Å². The van der Waals surface area contributed by atoms with Crippen LogP contribution in [0.2, 0.25) is 0 Å². The quantitative estimate of drug-likeness (QED) is 0.915. The molecule has 1 N–H and O–H groups in total.